The highest BCUT2D eigenvalue weighted by Gasteiger charge is 2.17. The van der Waals surface area contributed by atoms with Crippen molar-refractivity contribution in [3.63, 3.8) is 0 Å². The molecule has 1 aromatic rings. The largest absolute Gasteiger partial charge is 0.350 e. The number of carbonyl (C=O) groups is 2. The molecule has 1 aromatic heterocycles. The number of nitrogens with zero attached hydrogens (tertiary/aromatic N) is 2. The van der Waals surface area contributed by atoms with Crippen molar-refractivity contribution < 1.29 is 9.59 Å². The zero-order valence-electron chi connectivity index (χ0n) is 13.4. The van der Waals surface area contributed by atoms with Crippen molar-refractivity contribution in [2.24, 2.45) is 0 Å². The predicted octanol–water partition coefficient (Wildman–Crippen LogP) is 1.37. The Morgan fingerprint density at radius 3 is 2.55 bits per heavy atom. The van der Waals surface area contributed by atoms with Crippen molar-refractivity contribution in [1.82, 2.24) is 14.8 Å². The quantitative estimate of drug-likeness (QED) is 0.849. The van der Waals surface area contributed by atoms with Gasteiger partial charge in [0.25, 0.3) is 5.56 Å². The van der Waals surface area contributed by atoms with E-state index >= 15 is 0 Å². The maximum Gasteiger partial charge on any atom is 0.250 e. The fraction of sp³-hybridized carbons (Fsp3) is 0.533. The third kappa shape index (κ3) is 6.43. The number of aryl methyl sites for hydroxylation is 1. The van der Waals surface area contributed by atoms with E-state index in [2.05, 4.69) is 21.2 Å². The van der Waals surface area contributed by atoms with E-state index in [1.54, 1.807) is 19.3 Å². The maximum absolute atomic E-state index is 12.0. The fourth-order valence-corrected chi connectivity index (χ4v) is 2.22. The smallest absolute Gasteiger partial charge is 0.250 e. The summed E-state index contributed by atoms with van der Waals surface area (Å²) < 4.78 is 2.24. The third-order valence-electron chi connectivity index (χ3n) is 2.83. The Balaban J connectivity index is 2.53. The SMILES string of the molecule is CN(CC(=O)NC(C)(C)C)C(=O)CCn1cc(Br)ccc1=O. The van der Waals surface area contributed by atoms with Gasteiger partial charge in [-0.3, -0.25) is 14.4 Å². The van der Waals surface area contributed by atoms with Gasteiger partial charge in [-0.05, 0) is 42.8 Å². The molecule has 122 valence electrons. The number of rotatable bonds is 5. The molecule has 1 N–H and O–H groups in total. The summed E-state index contributed by atoms with van der Waals surface area (Å²) in [5.41, 5.74) is -0.492. The molecule has 1 rings (SSSR count). The Bertz CT molecular complexity index is 605. The van der Waals surface area contributed by atoms with E-state index in [-0.39, 0.29) is 42.4 Å². The number of hydrogen-bond donors (Lipinski definition) is 1. The second-order valence-electron chi connectivity index (χ2n) is 6.18. The molecule has 0 unspecified atom stereocenters. The van der Waals surface area contributed by atoms with Gasteiger partial charge in [-0.25, -0.2) is 0 Å². The summed E-state index contributed by atoms with van der Waals surface area (Å²) in [5, 5.41) is 2.80. The molecule has 22 heavy (non-hydrogen) atoms. The van der Waals surface area contributed by atoms with Crippen LogP contribution in [0.1, 0.15) is 27.2 Å². The minimum Gasteiger partial charge on any atom is -0.350 e. The first-order valence-corrected chi connectivity index (χ1v) is 7.79. The van der Waals surface area contributed by atoms with Crippen LogP contribution < -0.4 is 10.9 Å². The minimum atomic E-state index is -0.329. The normalized spacial score (nSPS) is 11.1. The number of nitrogens with one attached hydrogen (secondary N) is 1. The van der Waals surface area contributed by atoms with Gasteiger partial charge in [0.2, 0.25) is 11.8 Å². The van der Waals surface area contributed by atoms with Crippen molar-refractivity contribution in [3.8, 4) is 0 Å². The number of likely N-dealkylation sites (N-methyl/N-ethyl adjacent to an activating group) is 1. The lowest BCUT2D eigenvalue weighted by Gasteiger charge is -2.23. The van der Waals surface area contributed by atoms with Gasteiger partial charge in [0.05, 0.1) is 6.54 Å². The Labute approximate surface area is 138 Å². The molecule has 0 saturated carbocycles. The molecule has 7 heteroatoms. The molecule has 0 radical (unpaired) electrons. The number of halogens is 1. The average molecular weight is 372 g/mol. The highest BCUT2D eigenvalue weighted by molar-refractivity contribution is 9.10. The van der Waals surface area contributed by atoms with E-state index in [4.69, 9.17) is 0 Å². The van der Waals surface area contributed by atoms with Gasteiger partial charge < -0.3 is 14.8 Å². The Kier molecular flexibility index (Phi) is 6.34. The standard InChI is InChI=1S/C15H22BrN3O3/c1-15(2,3)17-12(20)10-18(4)13(21)7-8-19-9-11(16)5-6-14(19)22/h5-6,9H,7-8,10H2,1-4H3,(H,17,20). The molecule has 6 nitrogen and oxygen atoms in total. The molecule has 0 saturated heterocycles. The monoisotopic (exact) mass is 371 g/mol. The van der Waals surface area contributed by atoms with Crippen LogP contribution in [0.25, 0.3) is 0 Å². The molecule has 0 aliphatic carbocycles. The van der Waals surface area contributed by atoms with Crippen molar-refractivity contribution >= 4 is 27.7 Å². The average Bonchev–Trinajstić information content (AvgIpc) is 2.37. The summed E-state index contributed by atoms with van der Waals surface area (Å²) in [5.74, 6) is -0.390. The van der Waals surface area contributed by atoms with Gasteiger partial charge in [-0.15, -0.1) is 0 Å². The van der Waals surface area contributed by atoms with Gasteiger partial charge in [-0.1, -0.05) is 0 Å². The van der Waals surface area contributed by atoms with Gasteiger partial charge in [0.1, 0.15) is 0 Å². The van der Waals surface area contributed by atoms with E-state index in [1.165, 1.54) is 15.5 Å². The highest BCUT2D eigenvalue weighted by atomic mass is 79.9. The maximum atomic E-state index is 12.0. The van der Waals surface area contributed by atoms with Crippen molar-refractivity contribution in [2.75, 3.05) is 13.6 Å². The van der Waals surface area contributed by atoms with E-state index < -0.39 is 0 Å². The molecule has 0 aliphatic heterocycles. The zero-order valence-corrected chi connectivity index (χ0v) is 14.9. The molecule has 0 atom stereocenters. The second-order valence-corrected chi connectivity index (χ2v) is 7.09. The summed E-state index contributed by atoms with van der Waals surface area (Å²) in [4.78, 5) is 36.8. The van der Waals surface area contributed by atoms with Gasteiger partial charge in [-0.2, -0.15) is 0 Å². The predicted molar refractivity (Wildman–Crippen MR) is 88.6 cm³/mol. The second kappa shape index (κ2) is 7.58. The minimum absolute atomic E-state index is 0.00346. The lowest BCUT2D eigenvalue weighted by molar-refractivity contribution is -0.135. The summed E-state index contributed by atoms with van der Waals surface area (Å²) in [6.07, 6.45) is 1.80. The van der Waals surface area contributed by atoms with Crippen LogP contribution in [-0.4, -0.2) is 40.4 Å². The molecule has 2 amide bonds. The molecule has 0 fully saturated rings. The summed E-state index contributed by atoms with van der Waals surface area (Å²) in [6.45, 7) is 5.93. The molecule has 0 aromatic carbocycles. The Morgan fingerprint density at radius 1 is 1.32 bits per heavy atom. The Hall–Kier alpha value is -1.63. The van der Waals surface area contributed by atoms with Crippen LogP contribution in [0.3, 0.4) is 0 Å². The van der Waals surface area contributed by atoms with E-state index in [0.717, 1.165) is 4.47 Å². The van der Waals surface area contributed by atoms with Crippen LogP contribution in [0.4, 0.5) is 0 Å². The molecular weight excluding hydrogens is 350 g/mol. The van der Waals surface area contributed by atoms with Crippen LogP contribution in [0, 0.1) is 0 Å². The summed E-state index contributed by atoms with van der Waals surface area (Å²) in [7, 11) is 1.58. The lowest BCUT2D eigenvalue weighted by atomic mass is 10.1. The number of amides is 2. The van der Waals surface area contributed by atoms with Crippen LogP contribution in [0.2, 0.25) is 0 Å². The van der Waals surface area contributed by atoms with Crippen molar-refractivity contribution in [1.29, 1.82) is 0 Å². The fourth-order valence-electron chi connectivity index (χ4n) is 1.85. The first-order valence-electron chi connectivity index (χ1n) is 6.99. The van der Waals surface area contributed by atoms with E-state index in [0.29, 0.717) is 0 Å². The number of hydrogen-bond acceptors (Lipinski definition) is 3. The number of aromatic nitrogens is 1. The summed E-state index contributed by atoms with van der Waals surface area (Å²) >= 11 is 3.28. The topological polar surface area (TPSA) is 71.4 Å². The lowest BCUT2D eigenvalue weighted by Crippen LogP contribution is -2.46. The molecular formula is C15H22BrN3O3. The summed E-state index contributed by atoms with van der Waals surface area (Å²) in [6, 6.07) is 3.10. The van der Waals surface area contributed by atoms with Gasteiger partial charge in [0.15, 0.2) is 0 Å². The molecule has 1 heterocycles. The molecule has 0 spiro atoms. The third-order valence-corrected chi connectivity index (χ3v) is 3.30. The van der Waals surface area contributed by atoms with Crippen molar-refractivity contribution in [2.45, 2.75) is 39.3 Å². The highest BCUT2D eigenvalue weighted by Crippen LogP contribution is 2.05. The van der Waals surface area contributed by atoms with Crippen LogP contribution in [-0.2, 0) is 16.1 Å². The van der Waals surface area contributed by atoms with Crippen LogP contribution in [0.5, 0.6) is 0 Å². The first-order chi connectivity index (χ1) is 10.1. The van der Waals surface area contributed by atoms with Crippen LogP contribution >= 0.6 is 15.9 Å². The van der Waals surface area contributed by atoms with Crippen molar-refractivity contribution in [3.05, 3.63) is 33.2 Å². The van der Waals surface area contributed by atoms with Crippen LogP contribution in [0.15, 0.2) is 27.6 Å². The van der Waals surface area contributed by atoms with E-state index in [1.807, 2.05) is 20.8 Å². The Morgan fingerprint density at radius 2 is 1.95 bits per heavy atom. The van der Waals surface area contributed by atoms with E-state index in [9.17, 15) is 14.4 Å². The first kappa shape index (κ1) is 18.4. The molecule has 0 bridgehead atoms. The number of pyridine rings is 1. The zero-order chi connectivity index (χ0) is 16.9. The number of carbonyl (C=O) groups excluding carboxylic acids is 2. The molecule has 0 aliphatic rings. The van der Waals surface area contributed by atoms with Gasteiger partial charge in [0, 0.05) is 42.3 Å². The van der Waals surface area contributed by atoms with Gasteiger partial charge >= 0.3 is 0 Å².